The van der Waals surface area contributed by atoms with E-state index in [4.69, 9.17) is 5.73 Å². The van der Waals surface area contributed by atoms with Gasteiger partial charge in [-0.15, -0.1) is 0 Å². The minimum Gasteiger partial charge on any atom is -0.327 e. The van der Waals surface area contributed by atoms with Crippen molar-refractivity contribution in [2.75, 3.05) is 0 Å². The normalized spacial score (nSPS) is 18.4. The Morgan fingerprint density at radius 1 is 1.39 bits per heavy atom. The molecule has 18 heavy (non-hydrogen) atoms. The first-order chi connectivity index (χ1) is 8.72. The van der Waals surface area contributed by atoms with Crippen LogP contribution in [0.4, 0.5) is 0 Å². The Morgan fingerprint density at radius 2 is 2.11 bits per heavy atom. The lowest BCUT2D eigenvalue weighted by Gasteiger charge is -2.16. The molecule has 1 aromatic heterocycles. The monoisotopic (exact) mass is 249 g/mol. The Hall–Kier alpha value is -0.830. The van der Waals surface area contributed by atoms with Crippen LogP contribution >= 0.6 is 0 Å². The van der Waals surface area contributed by atoms with E-state index >= 15 is 0 Å². The molecule has 0 saturated heterocycles. The zero-order valence-electron chi connectivity index (χ0n) is 11.9. The molecule has 0 radical (unpaired) electrons. The van der Waals surface area contributed by atoms with Gasteiger partial charge >= 0.3 is 0 Å². The maximum atomic E-state index is 6.32. The van der Waals surface area contributed by atoms with Gasteiger partial charge in [-0.25, -0.2) is 0 Å². The van der Waals surface area contributed by atoms with E-state index in [0.29, 0.717) is 6.04 Å². The van der Waals surface area contributed by atoms with Crippen LogP contribution in [0, 0.1) is 5.92 Å². The highest BCUT2D eigenvalue weighted by Crippen LogP contribution is 2.28. The fourth-order valence-electron chi connectivity index (χ4n) is 3.15. The van der Waals surface area contributed by atoms with E-state index < -0.39 is 0 Å². The molecule has 0 spiro atoms. The molecule has 2 N–H and O–H groups in total. The molecule has 1 saturated carbocycles. The molecule has 1 aromatic rings. The number of nitrogens with two attached hydrogens (primary N) is 1. The number of hydrogen-bond donors (Lipinski definition) is 1. The zero-order valence-corrected chi connectivity index (χ0v) is 11.9. The Morgan fingerprint density at radius 3 is 2.72 bits per heavy atom. The Kier molecular flexibility index (Phi) is 4.81. The molecule has 0 aliphatic heterocycles. The van der Waals surface area contributed by atoms with Gasteiger partial charge in [-0.1, -0.05) is 32.6 Å². The molecule has 0 bridgehead atoms. The average Bonchev–Trinajstić information content (AvgIpc) is 2.98. The van der Waals surface area contributed by atoms with Gasteiger partial charge in [0, 0.05) is 24.7 Å². The van der Waals surface area contributed by atoms with Gasteiger partial charge in [-0.3, -0.25) is 4.68 Å². The molecule has 2 rings (SSSR count). The molecule has 1 atom stereocenters. The van der Waals surface area contributed by atoms with Crippen LogP contribution in [0.25, 0.3) is 0 Å². The molecular weight excluding hydrogens is 222 g/mol. The number of nitrogens with zero attached hydrogens (tertiary/aromatic N) is 2. The third-order valence-electron chi connectivity index (χ3n) is 4.16. The Bertz CT molecular complexity index is 364. The van der Waals surface area contributed by atoms with Crippen molar-refractivity contribution < 1.29 is 0 Å². The molecule has 1 fully saturated rings. The van der Waals surface area contributed by atoms with Gasteiger partial charge in [0.05, 0.1) is 5.69 Å². The molecule has 1 heterocycles. The largest absolute Gasteiger partial charge is 0.327 e. The maximum absolute atomic E-state index is 6.32. The summed E-state index contributed by atoms with van der Waals surface area (Å²) in [6, 6.07) is 2.54. The number of rotatable bonds is 6. The molecule has 3 nitrogen and oxygen atoms in total. The molecule has 1 unspecified atom stereocenters. The van der Waals surface area contributed by atoms with Crippen LogP contribution in [-0.4, -0.2) is 15.8 Å². The van der Waals surface area contributed by atoms with Crippen molar-refractivity contribution in [2.24, 2.45) is 11.7 Å². The van der Waals surface area contributed by atoms with E-state index in [1.54, 1.807) is 0 Å². The summed E-state index contributed by atoms with van der Waals surface area (Å²) in [5.41, 5.74) is 8.83. The molecule has 1 aliphatic carbocycles. The van der Waals surface area contributed by atoms with Crippen LogP contribution in [0.15, 0.2) is 6.07 Å². The Balaban J connectivity index is 1.92. The highest BCUT2D eigenvalue weighted by Gasteiger charge is 2.19. The summed E-state index contributed by atoms with van der Waals surface area (Å²) < 4.78 is 2.12. The van der Waals surface area contributed by atoms with Crippen molar-refractivity contribution in [3.05, 3.63) is 17.5 Å². The topological polar surface area (TPSA) is 43.8 Å². The van der Waals surface area contributed by atoms with Crippen LogP contribution in [0.3, 0.4) is 0 Å². The highest BCUT2D eigenvalue weighted by molar-refractivity contribution is 5.11. The van der Waals surface area contributed by atoms with Crippen molar-refractivity contribution in [1.82, 2.24) is 9.78 Å². The second kappa shape index (κ2) is 6.37. The van der Waals surface area contributed by atoms with Crippen LogP contribution in [0.2, 0.25) is 0 Å². The summed E-state index contributed by atoms with van der Waals surface area (Å²) in [6.45, 7) is 5.26. The minimum atomic E-state index is 0.305. The summed E-state index contributed by atoms with van der Waals surface area (Å²) >= 11 is 0. The van der Waals surface area contributed by atoms with Gasteiger partial charge in [-0.2, -0.15) is 5.10 Å². The van der Waals surface area contributed by atoms with Crippen molar-refractivity contribution in [1.29, 1.82) is 0 Å². The minimum absolute atomic E-state index is 0.305. The van der Waals surface area contributed by atoms with E-state index in [1.807, 2.05) is 0 Å². The summed E-state index contributed by atoms with van der Waals surface area (Å²) in [7, 11) is 0. The van der Waals surface area contributed by atoms with Gasteiger partial charge in [0.25, 0.3) is 0 Å². The summed E-state index contributed by atoms with van der Waals surface area (Å²) in [5.74, 6) is 0.878. The first kappa shape index (κ1) is 13.6. The van der Waals surface area contributed by atoms with Crippen molar-refractivity contribution in [3.8, 4) is 0 Å². The van der Waals surface area contributed by atoms with Gasteiger partial charge in [0.2, 0.25) is 0 Å². The predicted octanol–water partition coefficient (Wildman–Crippen LogP) is 2.92. The van der Waals surface area contributed by atoms with Crippen molar-refractivity contribution in [3.63, 3.8) is 0 Å². The van der Waals surface area contributed by atoms with Gasteiger partial charge in [0.1, 0.15) is 0 Å². The van der Waals surface area contributed by atoms with Gasteiger partial charge in [0.15, 0.2) is 0 Å². The van der Waals surface area contributed by atoms with Gasteiger partial charge < -0.3 is 5.73 Å². The van der Waals surface area contributed by atoms with Crippen LogP contribution in [-0.2, 0) is 19.4 Å². The van der Waals surface area contributed by atoms with Crippen LogP contribution < -0.4 is 5.73 Å². The molecule has 0 amide bonds. The average molecular weight is 249 g/mol. The summed E-state index contributed by atoms with van der Waals surface area (Å²) in [4.78, 5) is 0. The van der Waals surface area contributed by atoms with Crippen molar-refractivity contribution in [2.45, 2.75) is 71.4 Å². The first-order valence-electron chi connectivity index (χ1n) is 7.54. The zero-order chi connectivity index (χ0) is 13.0. The summed E-state index contributed by atoms with van der Waals surface area (Å²) in [5, 5.41) is 4.59. The van der Waals surface area contributed by atoms with Crippen LogP contribution in [0.5, 0.6) is 0 Å². The Labute approximate surface area is 111 Å². The van der Waals surface area contributed by atoms with E-state index in [1.165, 1.54) is 43.5 Å². The maximum Gasteiger partial charge on any atom is 0.0624 e. The summed E-state index contributed by atoms with van der Waals surface area (Å²) in [6.07, 6.45) is 8.78. The van der Waals surface area contributed by atoms with Crippen molar-refractivity contribution >= 4 is 0 Å². The fraction of sp³-hybridized carbons (Fsp3) is 0.800. The second-order valence-corrected chi connectivity index (χ2v) is 5.65. The number of aromatic nitrogens is 2. The van der Waals surface area contributed by atoms with E-state index in [2.05, 4.69) is 29.7 Å². The quantitative estimate of drug-likeness (QED) is 0.842. The second-order valence-electron chi connectivity index (χ2n) is 5.65. The first-order valence-corrected chi connectivity index (χ1v) is 7.54. The highest BCUT2D eigenvalue weighted by atomic mass is 15.3. The van der Waals surface area contributed by atoms with E-state index in [-0.39, 0.29) is 0 Å². The SMILES string of the molecule is CCc1cc(CC(N)CC2CCCC2)n(CC)n1. The molecule has 0 aromatic carbocycles. The molecule has 1 aliphatic rings. The lowest BCUT2D eigenvalue weighted by molar-refractivity contribution is 0.432. The third-order valence-corrected chi connectivity index (χ3v) is 4.16. The third kappa shape index (κ3) is 3.35. The lowest BCUT2D eigenvalue weighted by atomic mass is 9.96. The van der Waals surface area contributed by atoms with Crippen LogP contribution in [0.1, 0.15) is 57.3 Å². The molecular formula is C15H27N3. The van der Waals surface area contributed by atoms with Gasteiger partial charge in [-0.05, 0) is 31.7 Å². The van der Waals surface area contributed by atoms with E-state index in [0.717, 1.165) is 25.3 Å². The molecule has 3 heteroatoms. The standard InChI is InChI=1S/C15H27N3/c1-3-14-11-15(18(4-2)17-14)10-13(16)9-12-7-5-6-8-12/h11-13H,3-10,16H2,1-2H3. The smallest absolute Gasteiger partial charge is 0.0624 e. The predicted molar refractivity (Wildman–Crippen MR) is 75.5 cm³/mol. The van der Waals surface area contributed by atoms with E-state index in [9.17, 15) is 0 Å². The number of aryl methyl sites for hydroxylation is 2. The molecule has 102 valence electrons. The fourth-order valence-corrected chi connectivity index (χ4v) is 3.15. The lowest BCUT2D eigenvalue weighted by Crippen LogP contribution is -2.26. The number of hydrogen-bond acceptors (Lipinski definition) is 2.